The van der Waals surface area contributed by atoms with E-state index < -0.39 is 0 Å². The quantitative estimate of drug-likeness (QED) is 0.734. The molecule has 0 aromatic carbocycles. The highest BCUT2D eigenvalue weighted by Gasteiger charge is 2.35. The molecule has 0 bridgehead atoms. The van der Waals surface area contributed by atoms with Crippen LogP contribution in [0.15, 0.2) is 17.5 Å². The van der Waals surface area contributed by atoms with Crippen LogP contribution in [-0.2, 0) is 6.42 Å². The lowest BCUT2D eigenvalue weighted by Crippen LogP contribution is -2.28. The number of thiophene rings is 1. The second-order valence-corrected chi connectivity index (χ2v) is 7.72. The zero-order valence-corrected chi connectivity index (χ0v) is 13.7. The highest BCUT2D eigenvalue weighted by Crippen LogP contribution is 2.42. The maximum Gasteiger partial charge on any atom is 0.182 e. The van der Waals surface area contributed by atoms with E-state index in [2.05, 4.69) is 30.1 Å². The van der Waals surface area contributed by atoms with E-state index in [-0.39, 0.29) is 11.2 Å². The Morgan fingerprint density at radius 2 is 2.09 bits per heavy atom. The number of hydrogen-bond donors (Lipinski definition) is 1. The summed E-state index contributed by atoms with van der Waals surface area (Å²) in [6.45, 7) is 6.23. The molecule has 1 aliphatic rings. The fourth-order valence-corrected chi connectivity index (χ4v) is 4.17. The number of ketones is 1. The van der Waals surface area contributed by atoms with Crippen LogP contribution in [0.3, 0.4) is 0 Å². The van der Waals surface area contributed by atoms with Gasteiger partial charge in [-0.1, -0.05) is 19.9 Å². The summed E-state index contributed by atoms with van der Waals surface area (Å²) in [4.78, 5) is 18.6. The van der Waals surface area contributed by atoms with Gasteiger partial charge in [0.1, 0.15) is 0 Å². The van der Waals surface area contributed by atoms with Gasteiger partial charge in [0.2, 0.25) is 0 Å². The van der Waals surface area contributed by atoms with Gasteiger partial charge in [-0.05, 0) is 30.2 Å². The van der Waals surface area contributed by atoms with Gasteiger partial charge in [-0.25, -0.2) is 4.98 Å². The van der Waals surface area contributed by atoms with Gasteiger partial charge in [0.25, 0.3) is 0 Å². The van der Waals surface area contributed by atoms with E-state index in [1.54, 1.807) is 11.3 Å². The zero-order chi connectivity index (χ0) is 15.5. The van der Waals surface area contributed by atoms with Gasteiger partial charge in [-0.15, -0.1) is 11.3 Å². The average Bonchev–Trinajstić information content (AvgIpc) is 3.05. The van der Waals surface area contributed by atoms with Crippen LogP contribution < -0.4 is 0 Å². The number of hydrogen-bond acceptors (Lipinski definition) is 4. The Balaban J connectivity index is 2.13. The molecule has 0 atom stereocenters. The van der Waals surface area contributed by atoms with Crippen molar-refractivity contribution in [2.24, 2.45) is 5.41 Å². The van der Waals surface area contributed by atoms with E-state index in [9.17, 15) is 4.79 Å². The smallest absolute Gasteiger partial charge is 0.182 e. The molecule has 0 amide bonds. The van der Waals surface area contributed by atoms with Gasteiger partial charge >= 0.3 is 0 Å². The molecule has 112 valence electrons. The average molecular weight is 311 g/mol. The maximum atomic E-state index is 12.8. The van der Waals surface area contributed by atoms with Crippen molar-refractivity contribution in [3.05, 3.63) is 34.5 Å². The number of carbonyl (C=O) groups is 1. The number of pyridine rings is 1. The predicted molar refractivity (Wildman–Crippen MR) is 88.4 cm³/mol. The van der Waals surface area contributed by atoms with Crippen LogP contribution in [0.4, 0.5) is 0 Å². The number of nitrogens with zero attached hydrogens (tertiary/aromatic N) is 2. The molecule has 0 fully saturated rings. The van der Waals surface area contributed by atoms with Crippen LogP contribution in [0.5, 0.6) is 0 Å². The summed E-state index contributed by atoms with van der Waals surface area (Å²) in [5.74, 6) is 0.199. The topological polar surface area (TPSA) is 58.6 Å². The first kappa shape index (κ1) is 13.6. The second-order valence-electron chi connectivity index (χ2n) is 6.77. The number of fused-ring (bicyclic) bond motifs is 2. The van der Waals surface area contributed by atoms with Crippen molar-refractivity contribution in [2.75, 3.05) is 0 Å². The summed E-state index contributed by atoms with van der Waals surface area (Å²) < 4.78 is 0. The Morgan fingerprint density at radius 3 is 2.82 bits per heavy atom. The molecule has 0 spiro atoms. The van der Waals surface area contributed by atoms with Crippen LogP contribution in [0, 0.1) is 12.3 Å². The van der Waals surface area contributed by atoms with E-state index in [1.165, 1.54) is 0 Å². The maximum absolute atomic E-state index is 12.8. The highest BCUT2D eigenvalue weighted by molar-refractivity contribution is 7.13. The van der Waals surface area contributed by atoms with Crippen molar-refractivity contribution in [1.82, 2.24) is 15.2 Å². The summed E-state index contributed by atoms with van der Waals surface area (Å²) in [5, 5.41) is 10.4. The standard InChI is InChI=1S/C17H17N3OS/c1-9-13-15(12-5-4-6-22-12)14-10(18-16(13)20-19-9)7-17(2,3)8-11(14)21/h4-6H,7-8H2,1-3H3,(H,18,19,20). The van der Waals surface area contributed by atoms with E-state index in [0.717, 1.165) is 39.2 Å². The molecular formula is C17H17N3OS. The van der Waals surface area contributed by atoms with E-state index in [4.69, 9.17) is 4.98 Å². The lowest BCUT2D eigenvalue weighted by Gasteiger charge is -2.30. The molecule has 0 radical (unpaired) electrons. The molecule has 4 nitrogen and oxygen atoms in total. The molecule has 0 unspecified atom stereocenters. The Morgan fingerprint density at radius 1 is 1.27 bits per heavy atom. The number of aryl methyl sites for hydroxylation is 1. The second kappa shape index (κ2) is 4.49. The van der Waals surface area contributed by atoms with Crippen molar-refractivity contribution in [1.29, 1.82) is 0 Å². The van der Waals surface area contributed by atoms with Crippen LogP contribution in [-0.4, -0.2) is 21.0 Å². The van der Waals surface area contributed by atoms with Crippen LogP contribution in [0.25, 0.3) is 21.5 Å². The van der Waals surface area contributed by atoms with E-state index >= 15 is 0 Å². The summed E-state index contributed by atoms with van der Waals surface area (Å²) >= 11 is 1.66. The largest absolute Gasteiger partial charge is 0.294 e. The molecule has 3 aromatic rings. The van der Waals surface area contributed by atoms with Gasteiger partial charge in [0.15, 0.2) is 11.4 Å². The first-order chi connectivity index (χ1) is 10.5. The number of aromatic nitrogens is 3. The van der Waals surface area contributed by atoms with Crippen LogP contribution in [0.1, 0.15) is 42.0 Å². The fourth-order valence-electron chi connectivity index (χ4n) is 3.38. The molecule has 0 aliphatic heterocycles. The van der Waals surface area contributed by atoms with Crippen molar-refractivity contribution in [3.63, 3.8) is 0 Å². The normalized spacial score (nSPS) is 17.0. The van der Waals surface area contributed by atoms with Crippen molar-refractivity contribution in [3.8, 4) is 10.4 Å². The van der Waals surface area contributed by atoms with Crippen molar-refractivity contribution in [2.45, 2.75) is 33.6 Å². The van der Waals surface area contributed by atoms with Gasteiger partial charge < -0.3 is 0 Å². The number of carbonyl (C=O) groups excluding carboxylic acids is 1. The van der Waals surface area contributed by atoms with E-state index in [1.807, 2.05) is 18.4 Å². The SMILES string of the molecule is Cc1[nH]nc2nc3c(c(-c4cccs4)c12)C(=O)CC(C)(C)C3. The minimum absolute atomic E-state index is 0.0389. The lowest BCUT2D eigenvalue weighted by molar-refractivity contribution is 0.0911. The summed E-state index contributed by atoms with van der Waals surface area (Å²) in [7, 11) is 0. The molecule has 1 aliphatic carbocycles. The van der Waals surface area contributed by atoms with Gasteiger partial charge in [-0.3, -0.25) is 9.89 Å². The van der Waals surface area contributed by atoms with Gasteiger partial charge in [0, 0.05) is 28.1 Å². The number of H-pyrrole nitrogens is 1. The van der Waals surface area contributed by atoms with Crippen LogP contribution in [0.2, 0.25) is 0 Å². The monoisotopic (exact) mass is 311 g/mol. The van der Waals surface area contributed by atoms with E-state index in [0.29, 0.717) is 12.1 Å². The molecule has 5 heteroatoms. The van der Waals surface area contributed by atoms with Crippen molar-refractivity contribution >= 4 is 28.2 Å². The third kappa shape index (κ3) is 1.92. The third-order valence-electron chi connectivity index (χ3n) is 4.29. The van der Waals surface area contributed by atoms with Crippen LogP contribution >= 0.6 is 11.3 Å². The minimum atomic E-state index is -0.0389. The number of rotatable bonds is 1. The van der Waals surface area contributed by atoms with Crippen molar-refractivity contribution < 1.29 is 4.79 Å². The Labute approximate surface area is 132 Å². The molecular weight excluding hydrogens is 294 g/mol. The molecule has 22 heavy (non-hydrogen) atoms. The Bertz CT molecular complexity index is 890. The highest BCUT2D eigenvalue weighted by atomic mass is 32.1. The molecule has 3 aromatic heterocycles. The number of nitrogens with one attached hydrogen (secondary N) is 1. The first-order valence-corrected chi connectivity index (χ1v) is 8.29. The zero-order valence-electron chi connectivity index (χ0n) is 12.9. The summed E-state index contributed by atoms with van der Waals surface area (Å²) in [5.41, 5.74) is 4.35. The Kier molecular flexibility index (Phi) is 2.78. The fraction of sp³-hybridized carbons (Fsp3) is 0.353. The molecule has 4 rings (SSSR count). The lowest BCUT2D eigenvalue weighted by atomic mass is 9.74. The third-order valence-corrected chi connectivity index (χ3v) is 5.18. The van der Waals surface area contributed by atoms with Gasteiger partial charge in [-0.2, -0.15) is 5.10 Å². The number of aromatic amines is 1. The first-order valence-electron chi connectivity index (χ1n) is 7.41. The Hall–Kier alpha value is -2.01. The predicted octanol–water partition coefficient (Wildman–Crippen LogP) is 4.15. The molecule has 0 saturated heterocycles. The summed E-state index contributed by atoms with van der Waals surface area (Å²) in [6.07, 6.45) is 1.39. The van der Waals surface area contributed by atoms with Gasteiger partial charge in [0.05, 0.1) is 11.1 Å². The minimum Gasteiger partial charge on any atom is -0.294 e. The summed E-state index contributed by atoms with van der Waals surface area (Å²) in [6, 6.07) is 4.09. The molecule has 0 saturated carbocycles. The number of Topliss-reactive ketones (excluding diaryl/α,β-unsaturated/α-hetero) is 1. The molecule has 3 heterocycles. The molecule has 1 N–H and O–H groups in total.